The lowest BCUT2D eigenvalue weighted by atomic mass is 10.2. The fourth-order valence-corrected chi connectivity index (χ4v) is 4.25. The zero-order valence-corrected chi connectivity index (χ0v) is 15.5. The second kappa shape index (κ2) is 7.20. The Hall–Kier alpha value is -0.170. The topological polar surface area (TPSA) is 38.0 Å². The highest BCUT2D eigenvalue weighted by Crippen LogP contribution is 2.36. The number of hydrogen-bond donors (Lipinski definition) is 1. The second-order valence-electron chi connectivity index (χ2n) is 4.75. The first kappa shape index (κ1) is 16.2. The summed E-state index contributed by atoms with van der Waals surface area (Å²) in [4.78, 5) is 0.945. The molecule has 0 amide bonds. The van der Waals surface area contributed by atoms with Crippen LogP contribution >= 0.6 is 43.2 Å². The van der Waals surface area contributed by atoms with Gasteiger partial charge in [0.1, 0.15) is 0 Å². The minimum atomic E-state index is -0.507. The van der Waals surface area contributed by atoms with Gasteiger partial charge in [0, 0.05) is 22.0 Å². The van der Waals surface area contributed by atoms with Crippen LogP contribution in [0.3, 0.4) is 0 Å². The van der Waals surface area contributed by atoms with Gasteiger partial charge in [0.15, 0.2) is 0 Å². The smallest absolute Gasteiger partial charge is 0.0938 e. The molecule has 2 rings (SSSR count). The number of aliphatic hydroxyl groups is 1. The average Bonchev–Trinajstić information content (AvgIpc) is 3.00. The Kier molecular flexibility index (Phi) is 5.84. The lowest BCUT2D eigenvalue weighted by molar-refractivity contribution is 0.180. The lowest BCUT2D eigenvalue weighted by Gasteiger charge is -2.12. The normalized spacial score (nSPS) is 13.1. The fourth-order valence-electron chi connectivity index (χ4n) is 2.18. The van der Waals surface area contributed by atoms with E-state index in [0.29, 0.717) is 12.5 Å². The van der Waals surface area contributed by atoms with Gasteiger partial charge in [0.25, 0.3) is 0 Å². The number of aliphatic hydroxyl groups excluding tert-OH is 1. The van der Waals surface area contributed by atoms with E-state index in [1.54, 1.807) is 11.3 Å². The molecule has 6 heteroatoms. The molecule has 20 heavy (non-hydrogen) atoms. The largest absolute Gasteiger partial charge is 0.387 e. The SMILES string of the molecule is CCC(CC)n1ccc(CC(O)c2cc(Br)c(Br)s2)n1. The van der Waals surface area contributed by atoms with Gasteiger partial charge in [0.2, 0.25) is 0 Å². The Morgan fingerprint density at radius 1 is 1.35 bits per heavy atom. The van der Waals surface area contributed by atoms with Crippen LogP contribution in [0.4, 0.5) is 0 Å². The third-order valence-electron chi connectivity index (χ3n) is 3.38. The van der Waals surface area contributed by atoms with E-state index >= 15 is 0 Å². The molecule has 0 bridgehead atoms. The molecule has 2 heterocycles. The molecule has 110 valence electrons. The van der Waals surface area contributed by atoms with Crippen molar-refractivity contribution in [3.8, 4) is 0 Å². The van der Waals surface area contributed by atoms with E-state index in [2.05, 4.69) is 50.8 Å². The quantitative estimate of drug-likeness (QED) is 0.703. The van der Waals surface area contributed by atoms with Crippen LogP contribution in [-0.4, -0.2) is 14.9 Å². The Balaban J connectivity index is 2.06. The second-order valence-corrected chi connectivity index (χ2v) is 8.00. The van der Waals surface area contributed by atoms with E-state index in [0.717, 1.165) is 31.7 Å². The predicted octanol–water partition coefficient (Wildman–Crippen LogP) is 5.11. The highest BCUT2D eigenvalue weighted by atomic mass is 79.9. The highest BCUT2D eigenvalue weighted by Gasteiger charge is 2.16. The van der Waals surface area contributed by atoms with E-state index in [-0.39, 0.29) is 0 Å². The number of rotatable bonds is 6. The van der Waals surface area contributed by atoms with Crippen LogP contribution in [0.15, 0.2) is 26.6 Å². The number of hydrogen-bond acceptors (Lipinski definition) is 3. The van der Waals surface area contributed by atoms with Crippen LogP contribution in [-0.2, 0) is 6.42 Å². The molecular weight excluding hydrogens is 404 g/mol. The zero-order chi connectivity index (χ0) is 14.7. The van der Waals surface area contributed by atoms with E-state index in [1.807, 2.05) is 23.0 Å². The van der Waals surface area contributed by atoms with Crippen molar-refractivity contribution < 1.29 is 5.11 Å². The first-order chi connectivity index (χ1) is 9.55. The Bertz CT molecular complexity index is 544. The number of nitrogens with zero attached hydrogens (tertiary/aromatic N) is 2. The number of halogens is 2. The van der Waals surface area contributed by atoms with E-state index in [9.17, 15) is 5.11 Å². The maximum Gasteiger partial charge on any atom is 0.0938 e. The third-order valence-corrected chi connectivity index (χ3v) is 6.73. The molecule has 0 aromatic carbocycles. The molecule has 2 aromatic heterocycles. The van der Waals surface area contributed by atoms with Gasteiger partial charge >= 0.3 is 0 Å². The standard InChI is InChI=1S/C14H18Br2N2OS/c1-3-10(4-2)18-6-5-9(17-18)7-12(19)13-8-11(15)14(16)20-13/h5-6,8,10,12,19H,3-4,7H2,1-2H3. The van der Waals surface area contributed by atoms with Crippen molar-refractivity contribution in [2.24, 2.45) is 0 Å². The monoisotopic (exact) mass is 420 g/mol. The van der Waals surface area contributed by atoms with Crippen LogP contribution < -0.4 is 0 Å². The van der Waals surface area contributed by atoms with Crippen LogP contribution in [0.1, 0.15) is 49.4 Å². The van der Waals surface area contributed by atoms with Crippen molar-refractivity contribution >= 4 is 43.2 Å². The van der Waals surface area contributed by atoms with E-state index in [1.165, 1.54) is 0 Å². The third kappa shape index (κ3) is 3.72. The minimum absolute atomic E-state index is 0.450. The summed E-state index contributed by atoms with van der Waals surface area (Å²) in [7, 11) is 0. The maximum absolute atomic E-state index is 10.3. The van der Waals surface area contributed by atoms with Crippen LogP contribution in [0.25, 0.3) is 0 Å². The Morgan fingerprint density at radius 2 is 2.05 bits per heavy atom. The summed E-state index contributed by atoms with van der Waals surface area (Å²) in [6.45, 7) is 4.34. The predicted molar refractivity (Wildman–Crippen MR) is 90.2 cm³/mol. The van der Waals surface area contributed by atoms with Crippen LogP contribution in [0, 0.1) is 0 Å². The van der Waals surface area contributed by atoms with Crippen molar-refractivity contribution in [3.05, 3.63) is 37.2 Å². The minimum Gasteiger partial charge on any atom is -0.387 e. The van der Waals surface area contributed by atoms with Gasteiger partial charge in [-0.1, -0.05) is 13.8 Å². The molecule has 1 N–H and O–H groups in total. The number of thiophene rings is 1. The molecule has 0 aliphatic carbocycles. The molecule has 2 aromatic rings. The Labute approximate surface area is 140 Å². The number of aromatic nitrogens is 2. The van der Waals surface area contributed by atoms with Gasteiger partial charge in [0.05, 0.1) is 21.6 Å². The molecule has 1 unspecified atom stereocenters. The molecular formula is C14H18Br2N2OS. The van der Waals surface area contributed by atoms with Gasteiger partial charge in [-0.25, -0.2) is 0 Å². The summed E-state index contributed by atoms with van der Waals surface area (Å²) in [5.41, 5.74) is 0.935. The summed E-state index contributed by atoms with van der Waals surface area (Å²) in [6.07, 6.45) is 4.20. The first-order valence-corrected chi connectivity index (χ1v) is 9.12. The molecule has 0 fully saturated rings. The lowest BCUT2D eigenvalue weighted by Crippen LogP contribution is -2.08. The van der Waals surface area contributed by atoms with Crippen molar-refractivity contribution in [2.45, 2.75) is 45.3 Å². The van der Waals surface area contributed by atoms with Crippen molar-refractivity contribution in [3.63, 3.8) is 0 Å². The molecule has 3 nitrogen and oxygen atoms in total. The maximum atomic E-state index is 10.3. The molecule has 0 radical (unpaired) electrons. The summed E-state index contributed by atoms with van der Waals surface area (Å²) < 4.78 is 4.01. The van der Waals surface area contributed by atoms with Crippen LogP contribution in [0.2, 0.25) is 0 Å². The van der Waals surface area contributed by atoms with Gasteiger partial charge in [-0.05, 0) is 56.8 Å². The van der Waals surface area contributed by atoms with E-state index < -0.39 is 6.10 Å². The van der Waals surface area contributed by atoms with Crippen LogP contribution in [0.5, 0.6) is 0 Å². The van der Waals surface area contributed by atoms with Gasteiger partial charge < -0.3 is 5.11 Å². The molecule has 0 saturated heterocycles. The highest BCUT2D eigenvalue weighted by molar-refractivity contribution is 9.13. The summed E-state index contributed by atoms with van der Waals surface area (Å²) >= 11 is 8.45. The molecule has 1 atom stereocenters. The molecule has 0 aliphatic heterocycles. The molecule has 0 saturated carbocycles. The van der Waals surface area contributed by atoms with Gasteiger partial charge in [-0.3, -0.25) is 4.68 Å². The average molecular weight is 422 g/mol. The fraction of sp³-hybridized carbons (Fsp3) is 0.500. The molecule has 0 aliphatic rings. The zero-order valence-electron chi connectivity index (χ0n) is 11.5. The van der Waals surface area contributed by atoms with Crippen molar-refractivity contribution in [2.75, 3.05) is 0 Å². The first-order valence-electron chi connectivity index (χ1n) is 6.71. The molecule has 0 spiro atoms. The Morgan fingerprint density at radius 3 is 2.60 bits per heavy atom. The van der Waals surface area contributed by atoms with Gasteiger partial charge in [-0.15, -0.1) is 11.3 Å². The summed E-state index contributed by atoms with van der Waals surface area (Å²) in [5, 5.41) is 14.9. The van der Waals surface area contributed by atoms with Crippen molar-refractivity contribution in [1.29, 1.82) is 0 Å². The van der Waals surface area contributed by atoms with Crippen molar-refractivity contribution in [1.82, 2.24) is 9.78 Å². The van der Waals surface area contributed by atoms with E-state index in [4.69, 9.17) is 0 Å². The summed E-state index contributed by atoms with van der Waals surface area (Å²) in [5.74, 6) is 0. The van der Waals surface area contributed by atoms with Gasteiger partial charge in [-0.2, -0.15) is 5.10 Å². The summed E-state index contributed by atoms with van der Waals surface area (Å²) in [6, 6.07) is 4.40.